The maximum absolute atomic E-state index is 13.5. The number of ether oxygens (including phenoxy) is 2. The molecule has 3 rings (SSSR count). The molecule has 0 unspecified atom stereocenters. The summed E-state index contributed by atoms with van der Waals surface area (Å²) in [5.41, 5.74) is 1.02. The highest BCUT2D eigenvalue weighted by atomic mass is 16.6. The van der Waals surface area contributed by atoms with Gasteiger partial charge in [-0.2, -0.15) is 0 Å². The molecule has 10 heteroatoms. The number of anilines is 2. The number of nitrogens with zero attached hydrogens (tertiary/aromatic N) is 1. The highest BCUT2D eigenvalue weighted by Gasteiger charge is 2.27. The number of carbonyl (C=O) groups is 5. The molecule has 0 aliphatic heterocycles. The minimum absolute atomic E-state index is 0.00417. The lowest BCUT2D eigenvalue weighted by Gasteiger charge is -2.27. The molecule has 43 heavy (non-hydrogen) atoms. The summed E-state index contributed by atoms with van der Waals surface area (Å²) >= 11 is 0. The maximum atomic E-state index is 13.5. The Hall–Kier alpha value is -5.25. The van der Waals surface area contributed by atoms with E-state index in [-0.39, 0.29) is 30.1 Å². The summed E-state index contributed by atoms with van der Waals surface area (Å²) in [7, 11) is 0. The largest absolute Gasteiger partial charge is 0.461 e. The predicted octanol–water partition coefficient (Wildman–Crippen LogP) is 4.69. The Kier molecular flexibility index (Phi) is 11.3. The standard InChI is InChI=1S/C33H35N3O7/c1-5-18-42-29(38)20-23-12-11-15-25(19-23)35-32(41)34-21-28(37)36(22-30(39)43-33(2,3)4)27-17-10-9-16-26(27)31(40)24-13-7-6-8-14-24/h5-17,19H,1,18,20-22H2,2-4H3,(H2,34,35,41). The van der Waals surface area contributed by atoms with E-state index >= 15 is 0 Å². The van der Waals surface area contributed by atoms with Crippen molar-refractivity contribution < 1.29 is 33.4 Å². The maximum Gasteiger partial charge on any atom is 0.326 e. The van der Waals surface area contributed by atoms with Crippen molar-refractivity contribution in [3.63, 3.8) is 0 Å². The van der Waals surface area contributed by atoms with Crippen molar-refractivity contribution in [1.29, 1.82) is 0 Å². The van der Waals surface area contributed by atoms with Gasteiger partial charge in [-0.15, -0.1) is 0 Å². The number of hydrogen-bond acceptors (Lipinski definition) is 7. The van der Waals surface area contributed by atoms with Gasteiger partial charge in [0, 0.05) is 16.8 Å². The highest BCUT2D eigenvalue weighted by Crippen LogP contribution is 2.24. The van der Waals surface area contributed by atoms with Crippen molar-refractivity contribution >= 4 is 41.0 Å². The van der Waals surface area contributed by atoms with Crippen LogP contribution in [0.25, 0.3) is 0 Å². The molecule has 0 saturated heterocycles. The number of hydrogen-bond donors (Lipinski definition) is 2. The highest BCUT2D eigenvalue weighted by molar-refractivity contribution is 6.15. The van der Waals surface area contributed by atoms with Crippen LogP contribution in [-0.4, -0.2) is 55.0 Å². The molecule has 3 amide bonds. The van der Waals surface area contributed by atoms with Gasteiger partial charge in [0.2, 0.25) is 5.91 Å². The molecule has 0 spiro atoms. The first kappa shape index (κ1) is 32.3. The van der Waals surface area contributed by atoms with Crippen LogP contribution in [0.3, 0.4) is 0 Å². The summed E-state index contributed by atoms with van der Waals surface area (Å²) < 4.78 is 10.4. The van der Waals surface area contributed by atoms with E-state index in [1.54, 1.807) is 99.6 Å². The predicted molar refractivity (Wildman–Crippen MR) is 163 cm³/mol. The number of benzene rings is 3. The van der Waals surface area contributed by atoms with E-state index in [1.807, 2.05) is 0 Å². The molecule has 0 atom stereocenters. The van der Waals surface area contributed by atoms with Crippen LogP contribution in [0.15, 0.2) is 91.5 Å². The van der Waals surface area contributed by atoms with Crippen LogP contribution < -0.4 is 15.5 Å². The van der Waals surface area contributed by atoms with Gasteiger partial charge in [0.05, 0.1) is 18.7 Å². The topological polar surface area (TPSA) is 131 Å². The molecule has 10 nitrogen and oxygen atoms in total. The Labute approximate surface area is 250 Å². The summed E-state index contributed by atoms with van der Waals surface area (Å²) in [6.45, 7) is 7.74. The zero-order valence-corrected chi connectivity index (χ0v) is 24.4. The van der Waals surface area contributed by atoms with E-state index in [9.17, 15) is 24.0 Å². The molecule has 2 N–H and O–H groups in total. The Bertz CT molecular complexity index is 1480. The number of rotatable bonds is 12. The van der Waals surface area contributed by atoms with E-state index in [4.69, 9.17) is 9.47 Å². The van der Waals surface area contributed by atoms with Crippen molar-refractivity contribution in [2.45, 2.75) is 32.8 Å². The summed E-state index contributed by atoms with van der Waals surface area (Å²) in [6.07, 6.45) is 1.47. The van der Waals surface area contributed by atoms with Crippen LogP contribution in [0.2, 0.25) is 0 Å². The molecule has 0 heterocycles. The molecule has 0 aliphatic rings. The number of carbonyl (C=O) groups excluding carboxylic acids is 5. The van der Waals surface area contributed by atoms with E-state index in [0.29, 0.717) is 16.8 Å². The van der Waals surface area contributed by atoms with Crippen LogP contribution in [0, 0.1) is 0 Å². The Morgan fingerprint density at radius 2 is 1.58 bits per heavy atom. The Balaban J connectivity index is 1.76. The zero-order valence-electron chi connectivity index (χ0n) is 24.4. The number of nitrogens with one attached hydrogen (secondary N) is 2. The van der Waals surface area contributed by atoms with Gasteiger partial charge in [-0.25, -0.2) is 4.79 Å². The third-order valence-corrected chi connectivity index (χ3v) is 5.78. The Morgan fingerprint density at radius 1 is 0.884 bits per heavy atom. The number of amides is 3. The average Bonchev–Trinajstić information content (AvgIpc) is 2.97. The first-order valence-corrected chi connectivity index (χ1v) is 13.6. The third-order valence-electron chi connectivity index (χ3n) is 5.78. The second-order valence-corrected chi connectivity index (χ2v) is 10.4. The number of para-hydroxylation sites is 1. The van der Waals surface area contributed by atoms with Crippen LogP contribution >= 0.6 is 0 Å². The second kappa shape index (κ2) is 15.1. The monoisotopic (exact) mass is 585 g/mol. The number of esters is 2. The van der Waals surface area contributed by atoms with Crippen molar-refractivity contribution in [3.8, 4) is 0 Å². The molecule has 0 aromatic heterocycles. The Morgan fingerprint density at radius 3 is 2.28 bits per heavy atom. The van der Waals surface area contributed by atoms with Gasteiger partial charge in [0.15, 0.2) is 5.78 Å². The van der Waals surface area contributed by atoms with Crippen molar-refractivity contribution in [1.82, 2.24) is 5.32 Å². The minimum Gasteiger partial charge on any atom is -0.461 e. The smallest absolute Gasteiger partial charge is 0.326 e. The molecule has 3 aromatic rings. The molecule has 0 saturated carbocycles. The summed E-state index contributed by atoms with van der Waals surface area (Å²) in [6, 6.07) is 20.9. The van der Waals surface area contributed by atoms with E-state index in [0.717, 1.165) is 4.90 Å². The fourth-order valence-corrected chi connectivity index (χ4v) is 4.01. The number of urea groups is 1. The average molecular weight is 586 g/mol. The molecular formula is C33H35N3O7. The van der Waals surface area contributed by atoms with Crippen LogP contribution in [0.4, 0.5) is 16.2 Å². The molecule has 0 radical (unpaired) electrons. The van der Waals surface area contributed by atoms with E-state index in [1.165, 1.54) is 6.08 Å². The third kappa shape index (κ3) is 10.3. The van der Waals surface area contributed by atoms with Crippen molar-refractivity contribution in [3.05, 3.63) is 108 Å². The lowest BCUT2D eigenvalue weighted by atomic mass is 10.0. The van der Waals surface area contributed by atoms with Gasteiger partial charge >= 0.3 is 18.0 Å². The van der Waals surface area contributed by atoms with Gasteiger partial charge in [-0.3, -0.25) is 24.1 Å². The first-order valence-electron chi connectivity index (χ1n) is 13.6. The fraction of sp³-hybridized carbons (Fsp3) is 0.242. The van der Waals surface area contributed by atoms with Crippen molar-refractivity contribution in [2.75, 3.05) is 29.9 Å². The zero-order chi connectivity index (χ0) is 31.4. The van der Waals surface area contributed by atoms with Gasteiger partial charge in [-0.1, -0.05) is 67.3 Å². The summed E-state index contributed by atoms with van der Waals surface area (Å²) in [4.78, 5) is 65.3. The second-order valence-electron chi connectivity index (χ2n) is 10.4. The van der Waals surface area contributed by atoms with Gasteiger partial charge in [-0.05, 0) is 50.6 Å². The summed E-state index contributed by atoms with van der Waals surface area (Å²) in [5.74, 6) is -2.11. The molecule has 224 valence electrons. The quantitative estimate of drug-likeness (QED) is 0.179. The lowest BCUT2D eigenvalue weighted by Crippen LogP contribution is -2.45. The molecule has 0 aliphatic carbocycles. The molecule has 0 bridgehead atoms. The molecular weight excluding hydrogens is 550 g/mol. The fourth-order valence-electron chi connectivity index (χ4n) is 4.01. The van der Waals surface area contributed by atoms with Crippen LogP contribution in [-0.2, 0) is 30.3 Å². The van der Waals surface area contributed by atoms with Gasteiger partial charge in [0.25, 0.3) is 0 Å². The van der Waals surface area contributed by atoms with Crippen LogP contribution in [0.5, 0.6) is 0 Å². The van der Waals surface area contributed by atoms with Crippen LogP contribution in [0.1, 0.15) is 42.3 Å². The summed E-state index contributed by atoms with van der Waals surface area (Å²) in [5, 5.41) is 5.11. The molecule has 0 fully saturated rings. The van der Waals surface area contributed by atoms with E-state index in [2.05, 4.69) is 17.2 Å². The number of ketones is 1. The van der Waals surface area contributed by atoms with E-state index < -0.39 is 42.6 Å². The van der Waals surface area contributed by atoms with Gasteiger partial charge in [0.1, 0.15) is 18.8 Å². The minimum atomic E-state index is -0.805. The van der Waals surface area contributed by atoms with Gasteiger partial charge < -0.3 is 20.1 Å². The normalized spacial score (nSPS) is 10.7. The molecule has 3 aromatic carbocycles. The van der Waals surface area contributed by atoms with Crippen molar-refractivity contribution in [2.24, 2.45) is 0 Å². The lowest BCUT2D eigenvalue weighted by molar-refractivity contribution is -0.153. The SMILES string of the molecule is C=CCOC(=O)Cc1cccc(NC(=O)NCC(=O)N(CC(=O)OC(C)(C)C)c2ccccc2C(=O)c2ccccc2)c1. The first-order chi connectivity index (χ1) is 20.5.